The van der Waals surface area contributed by atoms with Crippen LogP contribution in [0, 0.1) is 11.7 Å². The van der Waals surface area contributed by atoms with Gasteiger partial charge in [0.2, 0.25) is 5.90 Å². The number of methoxy groups -OCH3 is 1. The lowest BCUT2D eigenvalue weighted by molar-refractivity contribution is 0.402. The Kier molecular flexibility index (Phi) is 10.3. The molecule has 0 fully saturated rings. The van der Waals surface area contributed by atoms with Crippen molar-refractivity contribution in [2.45, 2.75) is 39.5 Å². The lowest BCUT2D eigenvalue weighted by Crippen LogP contribution is -2.28. The fraction of sp³-hybridized carbons (Fsp3) is 0.320. The number of allylic oxidation sites excluding steroid dienone is 6. The van der Waals surface area contributed by atoms with Crippen LogP contribution in [0.2, 0.25) is 0 Å². The quantitative estimate of drug-likeness (QED) is 0.304. The summed E-state index contributed by atoms with van der Waals surface area (Å²) in [5.41, 5.74) is 2.04. The van der Waals surface area contributed by atoms with E-state index in [1.165, 1.54) is 23.9 Å². The highest BCUT2D eigenvalue weighted by Gasteiger charge is 2.13. The smallest absolute Gasteiger partial charge is 0.258 e. The summed E-state index contributed by atoms with van der Waals surface area (Å²) in [6, 6.07) is 1.46. The Bertz CT molecular complexity index is 1340. The lowest BCUT2D eigenvalue weighted by atomic mass is 10.1. The zero-order chi connectivity index (χ0) is 26.9. The zero-order valence-corrected chi connectivity index (χ0v) is 21.5. The Balaban J connectivity index is 2.10. The van der Waals surface area contributed by atoms with E-state index in [4.69, 9.17) is 9.52 Å². The Labute approximate surface area is 210 Å². The van der Waals surface area contributed by atoms with E-state index in [2.05, 4.69) is 27.9 Å². The third kappa shape index (κ3) is 8.88. The molecule has 1 aliphatic heterocycles. The van der Waals surface area contributed by atoms with Gasteiger partial charge in [-0.3, -0.25) is 14.1 Å². The van der Waals surface area contributed by atoms with E-state index in [-0.39, 0.29) is 42.2 Å². The van der Waals surface area contributed by atoms with E-state index >= 15 is 0 Å². The maximum absolute atomic E-state index is 13.6. The second-order valence-electron chi connectivity index (χ2n) is 8.11. The molecule has 36 heavy (non-hydrogen) atoms. The number of rotatable bonds is 11. The summed E-state index contributed by atoms with van der Waals surface area (Å²) >= 11 is 0. The predicted octanol–water partition coefficient (Wildman–Crippen LogP) is 5.33. The first-order valence-corrected chi connectivity index (χ1v) is 12.8. The summed E-state index contributed by atoms with van der Waals surface area (Å²) < 4.78 is 56.0. The highest BCUT2D eigenvalue weighted by atomic mass is 32.2. The van der Waals surface area contributed by atoms with E-state index < -0.39 is 21.6 Å². The molecule has 1 aromatic heterocycles. The lowest BCUT2D eigenvalue weighted by Gasteiger charge is -2.13. The monoisotopic (exact) mass is 519 g/mol. The largest absolute Gasteiger partial charge is 0.480 e. The molecule has 1 unspecified atom stereocenters. The first-order valence-electron chi connectivity index (χ1n) is 11.1. The number of nitrogens with one attached hydrogen (secondary N) is 2. The molecule has 0 saturated carbocycles. The number of aromatic nitrogens is 2. The van der Waals surface area contributed by atoms with Crippen LogP contribution in [-0.4, -0.2) is 32.5 Å². The van der Waals surface area contributed by atoms with Crippen LogP contribution in [0.5, 0.6) is 0 Å². The van der Waals surface area contributed by atoms with Gasteiger partial charge in [-0.1, -0.05) is 19.2 Å². The minimum atomic E-state index is -3.35. The van der Waals surface area contributed by atoms with Gasteiger partial charge >= 0.3 is 0 Å². The molecule has 0 saturated heterocycles. The number of ether oxygens (including phenoxy) is 1. The molecule has 1 aliphatic rings. The number of hydrogen-bond donors (Lipinski definition) is 2. The molecule has 0 radical (unpaired) electrons. The average Bonchev–Trinajstić information content (AvgIpc) is 3.00. The van der Waals surface area contributed by atoms with Crippen LogP contribution < -0.4 is 10.3 Å². The molecule has 11 heteroatoms. The summed E-state index contributed by atoms with van der Waals surface area (Å²) in [5.74, 6) is -0.811. The van der Waals surface area contributed by atoms with Crippen molar-refractivity contribution in [1.82, 2.24) is 14.3 Å². The minimum absolute atomic E-state index is 0.0153. The molecule has 2 rings (SSSR count). The first kappa shape index (κ1) is 28.6. The number of fused-ring (bicyclic) bond motifs is 1. The zero-order valence-electron chi connectivity index (χ0n) is 20.6. The van der Waals surface area contributed by atoms with Crippen LogP contribution in [0.4, 0.5) is 8.78 Å². The standard InChI is InChI=1S/C25H31F2N5O3S/c1-17(21-8-6-10-23-30-19(3)14-24(33)32(23)16-21)15-29-25(35-5)20(4)31-36(28,34)13-7-9-22(27)12-11-18(2)26/h6,10,12,14-16H,2,4,7-9,11,13H2,1,3,5H3,(H2,28,31,34)/b17-15+,22-12+,29-25+. The summed E-state index contributed by atoms with van der Waals surface area (Å²) in [5, 5.41) is 0. The summed E-state index contributed by atoms with van der Waals surface area (Å²) in [4.78, 5) is 21.0. The molecule has 0 spiro atoms. The SMILES string of the molecule is C=C(F)C/C=C(/F)CCCS(=N)(=O)NC(=C)/C(=N\C=C(/C)C1=Cn2c(nc(C)cc2=O)C=CC1)OC. The maximum atomic E-state index is 13.6. The highest BCUT2D eigenvalue weighted by Crippen LogP contribution is 2.20. The molecule has 1 aromatic rings. The van der Waals surface area contributed by atoms with E-state index in [0.717, 1.165) is 17.2 Å². The summed E-state index contributed by atoms with van der Waals surface area (Å²) in [6.45, 7) is 10.4. The van der Waals surface area contributed by atoms with Crippen LogP contribution in [0.3, 0.4) is 0 Å². The molecular weight excluding hydrogens is 488 g/mol. The Hall–Kier alpha value is -3.60. The molecular formula is C25H31F2N5O3S. The van der Waals surface area contributed by atoms with Crippen molar-refractivity contribution in [3.63, 3.8) is 0 Å². The number of nitrogens with zero attached hydrogens (tertiary/aromatic N) is 3. The van der Waals surface area contributed by atoms with Crippen molar-refractivity contribution in [1.29, 1.82) is 4.78 Å². The van der Waals surface area contributed by atoms with Gasteiger partial charge in [0.15, 0.2) is 0 Å². The van der Waals surface area contributed by atoms with Gasteiger partial charge in [0.05, 0.1) is 24.5 Å². The normalized spacial score (nSPS) is 15.9. The predicted molar refractivity (Wildman–Crippen MR) is 141 cm³/mol. The van der Waals surface area contributed by atoms with E-state index in [1.54, 1.807) is 19.2 Å². The van der Waals surface area contributed by atoms with Crippen LogP contribution in [-0.2, 0) is 14.7 Å². The van der Waals surface area contributed by atoms with Crippen molar-refractivity contribution < 1.29 is 17.7 Å². The van der Waals surface area contributed by atoms with Gasteiger partial charge in [0, 0.05) is 30.6 Å². The van der Waals surface area contributed by atoms with Crippen molar-refractivity contribution in [2.75, 3.05) is 12.9 Å². The van der Waals surface area contributed by atoms with Gasteiger partial charge in [0.25, 0.3) is 5.56 Å². The Morgan fingerprint density at radius 3 is 2.81 bits per heavy atom. The summed E-state index contributed by atoms with van der Waals surface area (Å²) in [7, 11) is -1.99. The second-order valence-corrected chi connectivity index (χ2v) is 10.1. The fourth-order valence-electron chi connectivity index (χ4n) is 3.19. The highest BCUT2D eigenvalue weighted by molar-refractivity contribution is 7.90. The Morgan fingerprint density at radius 2 is 2.14 bits per heavy atom. The van der Waals surface area contributed by atoms with Gasteiger partial charge in [-0.05, 0) is 56.4 Å². The molecule has 8 nitrogen and oxygen atoms in total. The first-order chi connectivity index (χ1) is 16.9. The molecule has 0 aliphatic carbocycles. The molecule has 194 valence electrons. The Morgan fingerprint density at radius 1 is 1.42 bits per heavy atom. The van der Waals surface area contributed by atoms with Crippen LogP contribution >= 0.6 is 0 Å². The maximum Gasteiger partial charge on any atom is 0.258 e. The van der Waals surface area contributed by atoms with Gasteiger partial charge in [-0.25, -0.2) is 27.7 Å². The number of aliphatic imine (C=N–C) groups is 1. The molecule has 2 heterocycles. The van der Waals surface area contributed by atoms with Crippen molar-refractivity contribution >= 4 is 28.1 Å². The third-order valence-corrected chi connectivity index (χ3v) is 6.45. The average molecular weight is 520 g/mol. The van der Waals surface area contributed by atoms with Crippen LogP contribution in [0.15, 0.2) is 75.9 Å². The number of halogens is 2. The van der Waals surface area contributed by atoms with Gasteiger partial charge < -0.3 is 4.74 Å². The van der Waals surface area contributed by atoms with Crippen molar-refractivity contribution in [3.8, 4) is 0 Å². The van der Waals surface area contributed by atoms with E-state index in [0.29, 0.717) is 17.9 Å². The topological polar surface area (TPSA) is 109 Å². The molecule has 0 bridgehead atoms. The molecule has 1 atom stereocenters. The third-order valence-electron chi connectivity index (χ3n) is 5.01. The van der Waals surface area contributed by atoms with Gasteiger partial charge in [0.1, 0.15) is 21.4 Å². The molecule has 0 amide bonds. The molecule has 2 N–H and O–H groups in total. The number of aryl methyl sites for hydroxylation is 1. The summed E-state index contributed by atoms with van der Waals surface area (Å²) in [6.07, 6.45) is 8.34. The fourth-order valence-corrected chi connectivity index (χ4v) is 4.33. The van der Waals surface area contributed by atoms with E-state index in [9.17, 15) is 17.8 Å². The van der Waals surface area contributed by atoms with Crippen LogP contribution in [0.25, 0.3) is 12.3 Å². The minimum Gasteiger partial charge on any atom is -0.480 e. The molecule has 0 aromatic carbocycles. The van der Waals surface area contributed by atoms with Gasteiger partial charge in [-0.2, -0.15) is 0 Å². The van der Waals surface area contributed by atoms with Gasteiger partial charge in [-0.15, -0.1) is 0 Å². The van der Waals surface area contributed by atoms with Crippen molar-refractivity contribution in [3.05, 3.63) is 87.9 Å². The number of hydrogen-bond acceptors (Lipinski definition) is 6. The van der Waals surface area contributed by atoms with Crippen molar-refractivity contribution in [2.24, 2.45) is 4.99 Å². The second kappa shape index (κ2) is 12.9. The van der Waals surface area contributed by atoms with Crippen LogP contribution in [0.1, 0.15) is 44.1 Å². The van der Waals surface area contributed by atoms with E-state index in [1.807, 2.05) is 13.0 Å².